The summed E-state index contributed by atoms with van der Waals surface area (Å²) in [5.74, 6) is 1.79. The quantitative estimate of drug-likeness (QED) is 0.391. The van der Waals surface area contributed by atoms with Crippen LogP contribution in [0, 0.1) is 6.92 Å². The van der Waals surface area contributed by atoms with Gasteiger partial charge in [0.2, 0.25) is 5.82 Å². The van der Waals surface area contributed by atoms with E-state index in [1.54, 1.807) is 0 Å². The Kier molecular flexibility index (Phi) is 6.37. The van der Waals surface area contributed by atoms with Crippen LogP contribution >= 0.6 is 12.2 Å². The monoisotopic (exact) mass is 446 g/mol. The van der Waals surface area contributed by atoms with Gasteiger partial charge in [-0.25, -0.2) is 0 Å². The van der Waals surface area contributed by atoms with E-state index in [1.165, 1.54) is 5.56 Å². The number of nitrogens with one attached hydrogen (secondary N) is 1. The van der Waals surface area contributed by atoms with E-state index in [2.05, 4.69) is 48.2 Å². The first-order chi connectivity index (χ1) is 15.5. The van der Waals surface area contributed by atoms with E-state index >= 15 is 0 Å². The zero-order chi connectivity index (χ0) is 22.7. The Balaban J connectivity index is 1.75. The molecular formula is C25H26N4O2S. The molecule has 0 bridgehead atoms. The predicted molar refractivity (Wildman–Crippen MR) is 130 cm³/mol. The van der Waals surface area contributed by atoms with Crippen LogP contribution in [0.2, 0.25) is 0 Å². The van der Waals surface area contributed by atoms with Crippen molar-refractivity contribution in [2.75, 3.05) is 13.2 Å². The third-order valence-electron chi connectivity index (χ3n) is 5.40. The van der Waals surface area contributed by atoms with Crippen molar-refractivity contribution in [1.29, 1.82) is 0 Å². The minimum absolute atomic E-state index is 0.196. The highest BCUT2D eigenvalue weighted by molar-refractivity contribution is 7.80. The molecule has 4 rings (SSSR count). The lowest BCUT2D eigenvalue weighted by Gasteiger charge is -2.36. The van der Waals surface area contributed by atoms with Crippen molar-refractivity contribution < 1.29 is 9.26 Å². The lowest BCUT2D eigenvalue weighted by atomic mass is 9.94. The molecule has 1 N–H and O–H groups in total. The summed E-state index contributed by atoms with van der Waals surface area (Å²) in [6.07, 6.45) is 1.82. The summed E-state index contributed by atoms with van der Waals surface area (Å²) in [6, 6.07) is 15.8. The molecule has 1 atom stereocenters. The fourth-order valence-electron chi connectivity index (χ4n) is 3.73. The molecule has 1 unspecified atom stereocenters. The summed E-state index contributed by atoms with van der Waals surface area (Å²) in [6.45, 7) is 11.1. The Bertz CT molecular complexity index is 1150. The second kappa shape index (κ2) is 9.36. The van der Waals surface area contributed by atoms with E-state index in [9.17, 15) is 0 Å². The van der Waals surface area contributed by atoms with Gasteiger partial charge in [0.1, 0.15) is 5.75 Å². The maximum Gasteiger partial charge on any atom is 0.258 e. The normalized spacial score (nSPS) is 16.2. The summed E-state index contributed by atoms with van der Waals surface area (Å²) in [5.41, 5.74) is 4.98. The fourth-order valence-corrected chi connectivity index (χ4v) is 4.06. The highest BCUT2D eigenvalue weighted by atomic mass is 32.1. The van der Waals surface area contributed by atoms with Crippen LogP contribution in [-0.4, -0.2) is 33.3 Å². The second-order valence-electron chi connectivity index (χ2n) is 7.57. The first kappa shape index (κ1) is 21.8. The van der Waals surface area contributed by atoms with Crippen LogP contribution in [0.15, 0.2) is 71.4 Å². The van der Waals surface area contributed by atoms with Crippen molar-refractivity contribution in [3.63, 3.8) is 0 Å². The highest BCUT2D eigenvalue weighted by Gasteiger charge is 2.33. The summed E-state index contributed by atoms with van der Waals surface area (Å²) in [5, 5.41) is 8.33. The third kappa shape index (κ3) is 4.29. The van der Waals surface area contributed by atoms with Gasteiger partial charge in [-0.15, -0.1) is 6.58 Å². The SMILES string of the molecule is C=CCN1C(=S)NC(c2ccc(C)cc2)C(c2nc(-c3ccc(OCC)cc3)no2)=C1C. The van der Waals surface area contributed by atoms with Crippen molar-refractivity contribution in [2.45, 2.75) is 26.8 Å². The maximum absolute atomic E-state index is 5.76. The van der Waals surface area contributed by atoms with Crippen LogP contribution < -0.4 is 10.1 Å². The molecule has 0 aliphatic carbocycles. The summed E-state index contributed by atoms with van der Waals surface area (Å²) in [7, 11) is 0. The summed E-state index contributed by atoms with van der Waals surface area (Å²) < 4.78 is 11.3. The first-order valence-corrected chi connectivity index (χ1v) is 11.0. The van der Waals surface area contributed by atoms with Gasteiger partial charge in [0.15, 0.2) is 5.11 Å². The molecule has 6 nitrogen and oxygen atoms in total. The Hall–Kier alpha value is -3.45. The van der Waals surface area contributed by atoms with E-state index < -0.39 is 0 Å². The van der Waals surface area contributed by atoms with Crippen molar-refractivity contribution >= 4 is 22.9 Å². The topological polar surface area (TPSA) is 63.4 Å². The molecule has 2 heterocycles. The highest BCUT2D eigenvalue weighted by Crippen LogP contribution is 2.37. The standard InChI is InChI=1S/C25H26N4O2S/c1-5-15-29-17(4)21(22(26-25(29)32)18-9-7-16(3)8-10-18)24-27-23(28-31-24)19-11-13-20(14-12-19)30-6-2/h5,7-14,22H,1,6,15H2,2-4H3,(H,26,32). The van der Waals surface area contributed by atoms with Crippen molar-refractivity contribution in [3.8, 4) is 17.1 Å². The number of aromatic nitrogens is 2. The zero-order valence-corrected chi connectivity index (χ0v) is 19.3. The van der Waals surface area contributed by atoms with Crippen LogP contribution in [-0.2, 0) is 0 Å². The van der Waals surface area contributed by atoms with E-state index in [-0.39, 0.29) is 6.04 Å². The van der Waals surface area contributed by atoms with E-state index in [4.69, 9.17) is 26.5 Å². The fraction of sp³-hybridized carbons (Fsp3) is 0.240. The lowest BCUT2D eigenvalue weighted by molar-refractivity contribution is 0.340. The smallest absolute Gasteiger partial charge is 0.258 e. The molecule has 0 amide bonds. The molecular weight excluding hydrogens is 420 g/mol. The molecule has 1 aliphatic rings. The van der Waals surface area contributed by atoms with Crippen LogP contribution in [0.3, 0.4) is 0 Å². The van der Waals surface area contributed by atoms with Gasteiger partial charge < -0.3 is 19.5 Å². The van der Waals surface area contributed by atoms with Crippen molar-refractivity contribution in [2.24, 2.45) is 0 Å². The number of thiocarbonyl (C=S) groups is 1. The van der Waals surface area contributed by atoms with Crippen LogP contribution in [0.4, 0.5) is 0 Å². The number of rotatable bonds is 7. The zero-order valence-electron chi connectivity index (χ0n) is 18.5. The predicted octanol–water partition coefficient (Wildman–Crippen LogP) is 5.29. The number of allylic oxidation sites excluding steroid dienone is 1. The lowest BCUT2D eigenvalue weighted by Crippen LogP contribution is -2.45. The molecule has 32 heavy (non-hydrogen) atoms. The van der Waals surface area contributed by atoms with Gasteiger partial charge in [-0.3, -0.25) is 0 Å². The van der Waals surface area contributed by atoms with Crippen LogP contribution in [0.25, 0.3) is 17.0 Å². The minimum atomic E-state index is -0.196. The van der Waals surface area contributed by atoms with Crippen molar-refractivity contribution in [3.05, 3.63) is 83.9 Å². The molecule has 0 spiro atoms. The van der Waals surface area contributed by atoms with Gasteiger partial charge in [0.25, 0.3) is 5.89 Å². The number of hydrogen-bond acceptors (Lipinski definition) is 5. The van der Waals surface area contributed by atoms with Crippen molar-refractivity contribution in [1.82, 2.24) is 20.4 Å². The van der Waals surface area contributed by atoms with Gasteiger partial charge in [0.05, 0.1) is 18.2 Å². The molecule has 0 saturated carbocycles. The van der Waals surface area contributed by atoms with Gasteiger partial charge >= 0.3 is 0 Å². The van der Waals surface area contributed by atoms with Gasteiger partial charge in [-0.05, 0) is 62.8 Å². The Morgan fingerprint density at radius 3 is 2.53 bits per heavy atom. The van der Waals surface area contributed by atoms with E-state index in [0.29, 0.717) is 30.0 Å². The number of aryl methyl sites for hydroxylation is 1. The number of benzene rings is 2. The summed E-state index contributed by atoms with van der Waals surface area (Å²) >= 11 is 5.65. The number of nitrogens with zero attached hydrogens (tertiary/aromatic N) is 3. The molecule has 7 heteroatoms. The van der Waals surface area contributed by atoms with E-state index in [1.807, 2.05) is 49.1 Å². The molecule has 164 valence electrons. The summed E-state index contributed by atoms with van der Waals surface area (Å²) in [4.78, 5) is 6.72. The molecule has 2 aromatic carbocycles. The molecule has 3 aromatic rings. The van der Waals surface area contributed by atoms with Crippen LogP contribution in [0.1, 0.15) is 36.9 Å². The van der Waals surface area contributed by atoms with Gasteiger partial charge in [0, 0.05) is 17.8 Å². The minimum Gasteiger partial charge on any atom is -0.494 e. The number of hydrogen-bond donors (Lipinski definition) is 1. The molecule has 0 radical (unpaired) electrons. The number of ether oxygens (including phenoxy) is 1. The second-order valence-corrected chi connectivity index (χ2v) is 7.96. The van der Waals surface area contributed by atoms with E-state index in [0.717, 1.165) is 28.1 Å². The average molecular weight is 447 g/mol. The van der Waals surface area contributed by atoms with Gasteiger partial charge in [-0.1, -0.05) is 41.1 Å². The molecule has 0 saturated heterocycles. The van der Waals surface area contributed by atoms with Gasteiger partial charge in [-0.2, -0.15) is 4.98 Å². The van der Waals surface area contributed by atoms with Crippen LogP contribution in [0.5, 0.6) is 5.75 Å². The molecule has 1 aliphatic heterocycles. The maximum atomic E-state index is 5.76. The first-order valence-electron chi connectivity index (χ1n) is 10.6. The largest absolute Gasteiger partial charge is 0.494 e. The average Bonchev–Trinajstić information content (AvgIpc) is 3.27. The third-order valence-corrected chi connectivity index (χ3v) is 5.74. The Morgan fingerprint density at radius 1 is 1.16 bits per heavy atom. The Labute approximate surface area is 193 Å². The molecule has 0 fully saturated rings. The Morgan fingerprint density at radius 2 is 1.88 bits per heavy atom. The molecule has 1 aromatic heterocycles.